The van der Waals surface area contributed by atoms with Crippen LogP contribution in [0.25, 0.3) is 0 Å². The van der Waals surface area contributed by atoms with Crippen LogP contribution in [0, 0.1) is 0 Å². The number of nitrogens with two attached hydrogens (primary N) is 1. The summed E-state index contributed by atoms with van der Waals surface area (Å²) in [7, 11) is 0. The topological polar surface area (TPSA) is 58.7 Å². The largest absolute Gasteiger partial charge is 0.385 e. The number of nitrogens with zero attached hydrogens (tertiary/aromatic N) is 2. The zero-order valence-corrected chi connectivity index (χ0v) is 9.15. The second-order valence-corrected chi connectivity index (χ2v) is 4.50. The van der Waals surface area contributed by atoms with Crippen LogP contribution in [0.1, 0.15) is 5.56 Å². The van der Waals surface area contributed by atoms with E-state index in [1.165, 1.54) is 11.8 Å². The fourth-order valence-corrected chi connectivity index (χ4v) is 2.69. The van der Waals surface area contributed by atoms with E-state index in [-0.39, 0.29) is 11.3 Å². The average molecular weight is 231 g/mol. The number of benzene rings is 1. The molecule has 0 aromatic heterocycles. The molecule has 2 heterocycles. The SMILES string of the molecule is NC1=CSC2C(=O)N=C(c3ccccc3)N12. The summed E-state index contributed by atoms with van der Waals surface area (Å²) in [5, 5.41) is 1.50. The van der Waals surface area contributed by atoms with Gasteiger partial charge >= 0.3 is 0 Å². The summed E-state index contributed by atoms with van der Waals surface area (Å²) >= 11 is 1.40. The van der Waals surface area contributed by atoms with Gasteiger partial charge < -0.3 is 5.73 Å². The predicted molar refractivity (Wildman–Crippen MR) is 63.5 cm³/mol. The number of aliphatic imine (C=N–C) groups is 1. The molecule has 0 saturated heterocycles. The van der Waals surface area contributed by atoms with Crippen molar-refractivity contribution in [3.05, 3.63) is 47.1 Å². The van der Waals surface area contributed by atoms with Crippen molar-refractivity contribution >= 4 is 23.5 Å². The first-order valence-corrected chi connectivity index (χ1v) is 5.80. The summed E-state index contributed by atoms with van der Waals surface area (Å²) < 4.78 is 0. The standard InChI is InChI=1S/C11H9N3OS/c12-8-6-16-11-10(15)13-9(14(8)11)7-4-2-1-3-5-7/h1-6,11H,12H2. The maximum atomic E-state index is 11.6. The third kappa shape index (κ3) is 1.25. The van der Waals surface area contributed by atoms with Crippen LogP contribution in [0.5, 0.6) is 0 Å². The van der Waals surface area contributed by atoms with Gasteiger partial charge in [0.05, 0.1) is 0 Å². The van der Waals surface area contributed by atoms with Crippen molar-refractivity contribution in [3.8, 4) is 0 Å². The average Bonchev–Trinajstić information content (AvgIpc) is 2.83. The predicted octanol–water partition coefficient (Wildman–Crippen LogP) is 1.11. The molecule has 1 atom stereocenters. The van der Waals surface area contributed by atoms with E-state index < -0.39 is 0 Å². The Balaban J connectivity index is 2.06. The molecule has 2 aliphatic rings. The molecule has 0 fully saturated rings. The van der Waals surface area contributed by atoms with Crippen LogP contribution in [-0.4, -0.2) is 22.0 Å². The van der Waals surface area contributed by atoms with Crippen LogP contribution in [0.2, 0.25) is 0 Å². The number of hydrogen-bond donors (Lipinski definition) is 1. The Morgan fingerprint density at radius 1 is 1.31 bits per heavy atom. The number of fused-ring (bicyclic) bond motifs is 1. The van der Waals surface area contributed by atoms with Gasteiger partial charge in [0.2, 0.25) is 0 Å². The molecule has 0 bridgehead atoms. The summed E-state index contributed by atoms with van der Waals surface area (Å²) in [6.07, 6.45) is 0. The first kappa shape index (κ1) is 9.47. The number of rotatable bonds is 1. The molecular formula is C11H9N3OS. The number of thioether (sulfide) groups is 1. The van der Waals surface area contributed by atoms with Gasteiger partial charge in [-0.15, -0.1) is 0 Å². The van der Waals surface area contributed by atoms with Crippen LogP contribution in [0.15, 0.2) is 46.6 Å². The van der Waals surface area contributed by atoms with Gasteiger partial charge in [0.25, 0.3) is 5.91 Å². The van der Waals surface area contributed by atoms with Crippen molar-refractivity contribution in [2.45, 2.75) is 5.37 Å². The highest BCUT2D eigenvalue weighted by Gasteiger charge is 2.40. The van der Waals surface area contributed by atoms with Gasteiger partial charge in [-0.2, -0.15) is 4.99 Å². The normalized spacial score (nSPS) is 23.1. The van der Waals surface area contributed by atoms with Crippen LogP contribution in [0.4, 0.5) is 0 Å². The molecule has 0 radical (unpaired) electrons. The lowest BCUT2D eigenvalue weighted by molar-refractivity contribution is -0.117. The van der Waals surface area contributed by atoms with E-state index in [1.807, 2.05) is 30.3 Å². The summed E-state index contributed by atoms with van der Waals surface area (Å²) in [5.74, 6) is 1.10. The second-order valence-electron chi connectivity index (χ2n) is 3.54. The van der Waals surface area contributed by atoms with Gasteiger partial charge in [-0.05, 0) is 0 Å². The molecule has 0 spiro atoms. The Morgan fingerprint density at radius 3 is 2.81 bits per heavy atom. The Morgan fingerprint density at radius 2 is 2.06 bits per heavy atom. The van der Waals surface area contributed by atoms with Crippen molar-refractivity contribution in [1.82, 2.24) is 4.90 Å². The smallest absolute Gasteiger partial charge is 0.281 e. The van der Waals surface area contributed by atoms with Gasteiger partial charge in [-0.1, -0.05) is 42.1 Å². The highest BCUT2D eigenvalue weighted by atomic mass is 32.2. The molecule has 5 heteroatoms. The van der Waals surface area contributed by atoms with Gasteiger partial charge in [0.15, 0.2) is 5.37 Å². The van der Waals surface area contributed by atoms with Crippen molar-refractivity contribution in [2.75, 3.05) is 0 Å². The minimum atomic E-state index is -0.296. The maximum Gasteiger partial charge on any atom is 0.281 e. The Kier molecular flexibility index (Phi) is 2.00. The summed E-state index contributed by atoms with van der Waals surface area (Å²) in [6, 6.07) is 9.60. The number of carbonyl (C=O) groups excluding carboxylic acids is 1. The lowest BCUT2D eigenvalue weighted by atomic mass is 10.2. The quantitative estimate of drug-likeness (QED) is 0.786. The molecular weight excluding hydrogens is 222 g/mol. The number of amidine groups is 1. The van der Waals surface area contributed by atoms with E-state index >= 15 is 0 Å². The zero-order chi connectivity index (χ0) is 11.1. The molecule has 0 aliphatic carbocycles. The number of amides is 1. The van der Waals surface area contributed by atoms with E-state index in [0.717, 1.165) is 5.56 Å². The highest BCUT2D eigenvalue weighted by Crippen LogP contribution is 2.34. The van der Waals surface area contributed by atoms with E-state index in [0.29, 0.717) is 11.7 Å². The molecule has 1 aromatic carbocycles. The van der Waals surface area contributed by atoms with E-state index in [9.17, 15) is 4.79 Å². The summed E-state index contributed by atoms with van der Waals surface area (Å²) in [5.41, 5.74) is 6.76. The molecule has 2 N–H and O–H groups in total. The van der Waals surface area contributed by atoms with E-state index in [4.69, 9.17) is 5.73 Å². The van der Waals surface area contributed by atoms with Crippen LogP contribution < -0.4 is 5.73 Å². The highest BCUT2D eigenvalue weighted by molar-refractivity contribution is 8.03. The zero-order valence-electron chi connectivity index (χ0n) is 8.33. The first-order chi connectivity index (χ1) is 7.77. The number of hydrogen-bond acceptors (Lipinski definition) is 4. The molecule has 16 heavy (non-hydrogen) atoms. The molecule has 80 valence electrons. The minimum absolute atomic E-state index is 0.138. The van der Waals surface area contributed by atoms with Gasteiger partial charge in [0.1, 0.15) is 11.7 Å². The lowest BCUT2D eigenvalue weighted by Crippen LogP contribution is -2.35. The molecule has 1 amide bonds. The molecule has 1 unspecified atom stereocenters. The summed E-state index contributed by atoms with van der Waals surface area (Å²) in [6.45, 7) is 0. The molecule has 4 nitrogen and oxygen atoms in total. The van der Waals surface area contributed by atoms with Crippen molar-refractivity contribution in [3.63, 3.8) is 0 Å². The van der Waals surface area contributed by atoms with Gasteiger partial charge in [0, 0.05) is 11.0 Å². The lowest BCUT2D eigenvalue weighted by Gasteiger charge is -2.19. The Bertz CT molecular complexity index is 509. The fraction of sp³-hybridized carbons (Fsp3) is 0.0909. The van der Waals surface area contributed by atoms with Crippen molar-refractivity contribution in [1.29, 1.82) is 0 Å². The van der Waals surface area contributed by atoms with E-state index in [1.54, 1.807) is 10.3 Å². The second kappa shape index (κ2) is 3.38. The van der Waals surface area contributed by atoms with Crippen molar-refractivity contribution < 1.29 is 4.79 Å². The molecule has 1 aromatic rings. The molecule has 2 aliphatic heterocycles. The first-order valence-electron chi connectivity index (χ1n) is 4.85. The van der Waals surface area contributed by atoms with Crippen LogP contribution >= 0.6 is 11.8 Å². The monoisotopic (exact) mass is 231 g/mol. The van der Waals surface area contributed by atoms with Crippen LogP contribution in [0.3, 0.4) is 0 Å². The third-order valence-electron chi connectivity index (χ3n) is 2.52. The Hall–Kier alpha value is -1.75. The minimum Gasteiger partial charge on any atom is -0.385 e. The number of carbonyl (C=O) groups is 1. The third-order valence-corrected chi connectivity index (χ3v) is 3.57. The molecule has 3 rings (SSSR count). The van der Waals surface area contributed by atoms with Crippen LogP contribution in [-0.2, 0) is 4.79 Å². The summed E-state index contributed by atoms with van der Waals surface area (Å²) in [4.78, 5) is 17.5. The molecule has 0 saturated carbocycles. The van der Waals surface area contributed by atoms with Gasteiger partial charge in [-0.25, -0.2) is 0 Å². The van der Waals surface area contributed by atoms with Gasteiger partial charge in [-0.3, -0.25) is 9.69 Å². The Labute approximate surface area is 96.8 Å². The van der Waals surface area contributed by atoms with Crippen molar-refractivity contribution in [2.24, 2.45) is 10.7 Å². The maximum absolute atomic E-state index is 11.6. The van der Waals surface area contributed by atoms with E-state index in [2.05, 4.69) is 4.99 Å². The fourth-order valence-electron chi connectivity index (χ4n) is 1.79.